The summed E-state index contributed by atoms with van der Waals surface area (Å²) in [5, 5.41) is 0. The summed E-state index contributed by atoms with van der Waals surface area (Å²) in [6, 6.07) is 2.17. The van der Waals surface area contributed by atoms with E-state index in [1.54, 1.807) is 0 Å². The molecule has 66 valence electrons. The van der Waals surface area contributed by atoms with Crippen LogP contribution in [0, 0.1) is 0 Å². The van der Waals surface area contributed by atoms with Crippen LogP contribution in [0.3, 0.4) is 0 Å². The van der Waals surface area contributed by atoms with Crippen molar-refractivity contribution < 1.29 is 0 Å². The Morgan fingerprint density at radius 2 is 1.64 bits per heavy atom. The average molecular weight is 227 g/mol. The summed E-state index contributed by atoms with van der Waals surface area (Å²) < 4.78 is 0. The van der Waals surface area contributed by atoms with Crippen LogP contribution >= 0.6 is 22.2 Å². The van der Waals surface area contributed by atoms with Crippen molar-refractivity contribution >= 4 is 36.9 Å². The second kappa shape index (κ2) is 4.12. The molecule has 0 saturated carbocycles. The predicted molar refractivity (Wildman–Crippen MR) is 60.6 cm³/mol. The van der Waals surface area contributed by atoms with Gasteiger partial charge in [0.25, 0.3) is 0 Å². The van der Waals surface area contributed by atoms with E-state index in [4.69, 9.17) is 22.2 Å². The Morgan fingerprint density at radius 1 is 1.18 bits per heavy atom. The lowest BCUT2D eigenvalue weighted by Gasteiger charge is -2.19. The number of hydrogen-bond donors (Lipinski definition) is 0. The van der Waals surface area contributed by atoms with Crippen molar-refractivity contribution in [2.45, 2.75) is 31.7 Å². The third-order valence-electron chi connectivity index (χ3n) is 1.76. The molecule has 0 aromatic rings. The molecule has 0 bridgehead atoms. The highest BCUT2D eigenvalue weighted by Gasteiger charge is 2.25. The lowest BCUT2D eigenvalue weighted by molar-refractivity contribution is 1.33. The fraction of sp³-hybridized carbons (Fsp3) is 0.714. The monoisotopic (exact) mass is 226 g/mol. The first kappa shape index (κ1) is 11.8. The minimum absolute atomic E-state index is 1.00. The van der Waals surface area contributed by atoms with E-state index in [1.807, 2.05) is 6.55 Å². The number of halogens is 2. The van der Waals surface area contributed by atoms with Gasteiger partial charge in [-0.15, -0.1) is 34.4 Å². The second-order valence-electron chi connectivity index (χ2n) is 3.76. The second-order valence-corrected chi connectivity index (χ2v) is 16.9. The van der Waals surface area contributed by atoms with Crippen molar-refractivity contribution in [3.63, 3.8) is 0 Å². The quantitative estimate of drug-likeness (QED) is 0.503. The smallest absolute Gasteiger partial charge is 0.146 e. The molecule has 11 heavy (non-hydrogen) atoms. The largest absolute Gasteiger partial charge is 0.248 e. The molecule has 0 nitrogen and oxygen atoms in total. The first-order chi connectivity index (χ1) is 4.77. The molecular formula is C7H16Cl2Si2. The molecule has 0 aromatic heterocycles. The van der Waals surface area contributed by atoms with Gasteiger partial charge in [0, 0.05) is 0 Å². The topological polar surface area (TPSA) is 0 Å². The van der Waals surface area contributed by atoms with Gasteiger partial charge in [0.15, 0.2) is 0 Å². The van der Waals surface area contributed by atoms with E-state index >= 15 is 0 Å². The first-order valence-corrected chi connectivity index (χ1v) is 11.8. The average Bonchev–Trinajstić information content (AvgIpc) is 1.83. The summed E-state index contributed by atoms with van der Waals surface area (Å²) in [6.45, 7) is 8.52. The molecule has 0 heterocycles. The zero-order chi connectivity index (χ0) is 9.12. The summed E-state index contributed by atoms with van der Waals surface area (Å²) >= 11 is 12.0. The Labute approximate surface area is 81.0 Å². The van der Waals surface area contributed by atoms with Crippen LogP contribution in [0.5, 0.6) is 0 Å². The van der Waals surface area contributed by atoms with Crippen LogP contribution in [-0.2, 0) is 0 Å². The van der Waals surface area contributed by atoms with Gasteiger partial charge in [-0.2, -0.15) is 0 Å². The molecule has 0 spiro atoms. The molecule has 0 aromatic carbocycles. The van der Waals surface area contributed by atoms with Gasteiger partial charge in [0.05, 0.1) is 8.07 Å². The Hall–Kier alpha value is 0.754. The molecule has 0 unspecified atom stereocenters. The molecule has 0 fully saturated rings. The van der Waals surface area contributed by atoms with Crippen molar-refractivity contribution in [3.05, 3.63) is 12.3 Å². The van der Waals surface area contributed by atoms with Crippen molar-refractivity contribution in [2.75, 3.05) is 0 Å². The minimum atomic E-state index is -1.85. The van der Waals surface area contributed by atoms with E-state index in [0.29, 0.717) is 0 Å². The van der Waals surface area contributed by atoms with Gasteiger partial charge in [0.2, 0.25) is 6.69 Å². The Bertz CT molecular complexity index is 138. The van der Waals surface area contributed by atoms with E-state index in [9.17, 15) is 0 Å². The number of rotatable bonds is 4. The molecule has 4 heteroatoms. The van der Waals surface area contributed by atoms with Crippen LogP contribution in [0.15, 0.2) is 12.3 Å². The fourth-order valence-corrected chi connectivity index (χ4v) is 6.88. The van der Waals surface area contributed by atoms with Crippen LogP contribution in [0.25, 0.3) is 0 Å². The van der Waals surface area contributed by atoms with Crippen molar-refractivity contribution in [2.24, 2.45) is 0 Å². The molecule has 0 aliphatic rings. The van der Waals surface area contributed by atoms with Crippen LogP contribution in [-0.4, -0.2) is 14.8 Å². The molecule has 0 amide bonds. The van der Waals surface area contributed by atoms with Gasteiger partial charge < -0.3 is 0 Å². The van der Waals surface area contributed by atoms with Crippen molar-refractivity contribution in [1.82, 2.24) is 0 Å². The van der Waals surface area contributed by atoms with Gasteiger partial charge >= 0.3 is 0 Å². The Balaban J connectivity index is 3.79. The molecule has 0 rings (SSSR count). The van der Waals surface area contributed by atoms with Gasteiger partial charge in [-0.25, -0.2) is 0 Å². The van der Waals surface area contributed by atoms with Crippen LogP contribution in [0.2, 0.25) is 31.7 Å². The van der Waals surface area contributed by atoms with Crippen LogP contribution in [0.1, 0.15) is 0 Å². The minimum Gasteiger partial charge on any atom is -0.146 e. The van der Waals surface area contributed by atoms with E-state index in [-0.39, 0.29) is 0 Å². The lowest BCUT2D eigenvalue weighted by atomic mass is 10.9. The normalized spacial score (nSPS) is 13.2. The van der Waals surface area contributed by atoms with E-state index in [0.717, 1.165) is 6.04 Å². The summed E-state index contributed by atoms with van der Waals surface area (Å²) in [6.07, 6.45) is 0. The molecule has 0 radical (unpaired) electrons. The molecule has 0 atom stereocenters. The molecule has 0 aliphatic carbocycles. The highest BCUT2D eigenvalue weighted by Crippen LogP contribution is 2.26. The highest BCUT2D eigenvalue weighted by atomic mass is 35.7. The van der Waals surface area contributed by atoms with Crippen LogP contribution < -0.4 is 0 Å². The third kappa shape index (κ3) is 7.13. The first-order valence-electron chi connectivity index (χ1n) is 3.78. The highest BCUT2D eigenvalue weighted by molar-refractivity contribution is 7.45. The SMILES string of the molecule is C=C[Si](C)(C)CC[Si](C)(Cl)Cl. The Morgan fingerprint density at radius 3 is 1.91 bits per heavy atom. The third-order valence-corrected chi connectivity index (χ3v) is 7.17. The maximum absolute atomic E-state index is 5.99. The lowest BCUT2D eigenvalue weighted by Crippen LogP contribution is -2.25. The van der Waals surface area contributed by atoms with E-state index in [2.05, 4.69) is 25.4 Å². The Kier molecular flexibility index (Phi) is 4.40. The summed E-state index contributed by atoms with van der Waals surface area (Å²) in [4.78, 5) is 0. The van der Waals surface area contributed by atoms with Gasteiger partial charge in [-0.1, -0.05) is 19.1 Å². The van der Waals surface area contributed by atoms with Gasteiger partial charge in [-0.3, -0.25) is 0 Å². The summed E-state index contributed by atoms with van der Waals surface area (Å²) in [5.41, 5.74) is 2.10. The molecule has 0 N–H and O–H groups in total. The van der Waals surface area contributed by atoms with Crippen LogP contribution in [0.4, 0.5) is 0 Å². The fourth-order valence-electron chi connectivity index (χ4n) is 0.644. The zero-order valence-corrected chi connectivity index (χ0v) is 11.0. The van der Waals surface area contributed by atoms with Gasteiger partial charge in [-0.05, 0) is 12.6 Å². The van der Waals surface area contributed by atoms with Gasteiger partial charge in [0.1, 0.15) is 0 Å². The standard InChI is InChI=1S/C7H16Cl2Si2/c1-5-10(2,3)6-7-11(4,8)9/h5H,1,6-7H2,2-4H3. The summed E-state index contributed by atoms with van der Waals surface area (Å²) in [7, 11) is -1.16. The molecule has 0 aliphatic heterocycles. The van der Waals surface area contributed by atoms with Crippen molar-refractivity contribution in [3.8, 4) is 0 Å². The predicted octanol–water partition coefficient (Wildman–Crippen LogP) is 3.97. The molecular weight excluding hydrogens is 211 g/mol. The molecule has 0 saturated heterocycles. The zero-order valence-electron chi connectivity index (χ0n) is 7.45. The summed E-state index contributed by atoms with van der Waals surface area (Å²) in [5.74, 6) is 0. The maximum Gasteiger partial charge on any atom is 0.248 e. The van der Waals surface area contributed by atoms with E-state index < -0.39 is 14.8 Å². The van der Waals surface area contributed by atoms with Crippen molar-refractivity contribution in [1.29, 1.82) is 0 Å². The van der Waals surface area contributed by atoms with E-state index in [1.165, 1.54) is 6.04 Å². The maximum atomic E-state index is 5.99. The number of hydrogen-bond acceptors (Lipinski definition) is 0.